The molecule has 1 N–H and O–H groups in total. The van der Waals surface area contributed by atoms with Crippen LogP contribution < -0.4 is 5.32 Å². The van der Waals surface area contributed by atoms with E-state index in [1.165, 1.54) is 0 Å². The summed E-state index contributed by atoms with van der Waals surface area (Å²) in [7, 11) is 0. The number of nitrogens with zero attached hydrogens (tertiary/aromatic N) is 1. The van der Waals surface area contributed by atoms with Crippen LogP contribution in [0.5, 0.6) is 0 Å². The second-order valence-corrected chi connectivity index (χ2v) is 4.53. The average Bonchev–Trinajstić information content (AvgIpc) is 2.76. The monoisotopic (exact) mass is 267 g/mol. The Bertz CT molecular complexity index is 715. The molecule has 1 aliphatic rings. The molecule has 3 heteroatoms. The molecule has 0 saturated heterocycles. The Hall–Kier alpha value is -1.35. The van der Waals surface area contributed by atoms with E-state index in [-0.39, 0.29) is 23.4 Å². The van der Waals surface area contributed by atoms with Crippen molar-refractivity contribution in [2.24, 2.45) is 0 Å². The fourth-order valence-corrected chi connectivity index (χ4v) is 2.11. The number of carbonyl (C=O) groups is 1. The quantitative estimate of drug-likeness (QED) is 0.824. The predicted octanol–water partition coefficient (Wildman–Crippen LogP) is 2.85. The fourth-order valence-electron chi connectivity index (χ4n) is 2.11. The zero-order valence-corrected chi connectivity index (χ0v) is 11.4. The van der Waals surface area contributed by atoms with Crippen LogP contribution in [-0.2, 0) is 17.5 Å². The molecule has 0 spiro atoms. The maximum absolute atomic E-state index is 12.0. The molecule has 1 heterocycles. The van der Waals surface area contributed by atoms with Crippen molar-refractivity contribution in [3.8, 4) is 0 Å². The van der Waals surface area contributed by atoms with E-state index in [9.17, 15) is 4.79 Å². The number of benzene rings is 1. The van der Waals surface area contributed by atoms with Gasteiger partial charge in [-0.3, -0.25) is 4.79 Å². The van der Waals surface area contributed by atoms with Crippen molar-refractivity contribution in [3.63, 3.8) is 0 Å². The van der Waals surface area contributed by atoms with Crippen molar-refractivity contribution in [3.05, 3.63) is 29.3 Å². The van der Waals surface area contributed by atoms with Crippen LogP contribution >= 0.6 is 0 Å². The van der Waals surface area contributed by atoms with E-state index in [4.69, 9.17) is 9.60 Å². The minimum Gasteiger partial charge on any atom is -0.326 e. The number of nitrogens with one attached hydrogen (secondary N) is 1. The van der Waals surface area contributed by atoms with Crippen LogP contribution in [0.2, 0.25) is 0 Å². The molecule has 1 aromatic rings. The molecule has 0 atom stereocenters. The maximum Gasteiger partial charge on any atom is 0.228 e. The summed E-state index contributed by atoms with van der Waals surface area (Å²) in [4.78, 5) is 13.9. The number of hydrogen-bond acceptors (Lipinski definition) is 2. The molecule has 104 valence electrons. The first-order chi connectivity index (χ1) is 12.0. The Morgan fingerprint density at radius 1 is 1.37 bits per heavy atom. The highest BCUT2D eigenvalue weighted by molar-refractivity contribution is 5.99. The van der Waals surface area contributed by atoms with Gasteiger partial charge >= 0.3 is 0 Å². The standard InChI is InChI=1S/C16H24N2O/c1-3-9-18(10-4-2)11-8-13-6-5-7-15-14(13)12-16(19)17-15/h5-7H,3-4,8-12H2,1-2H3,(H,17,19)/i5D,6D,7D,8D2,12D2. The molecule has 0 bridgehead atoms. The average molecular weight is 267 g/mol. The summed E-state index contributed by atoms with van der Waals surface area (Å²) < 4.78 is 57.2. The summed E-state index contributed by atoms with van der Waals surface area (Å²) in [6.07, 6.45) is -3.05. The third-order valence-electron chi connectivity index (χ3n) is 2.91. The predicted molar refractivity (Wildman–Crippen MR) is 79.5 cm³/mol. The Balaban J connectivity index is 2.64. The van der Waals surface area contributed by atoms with E-state index in [0.29, 0.717) is 13.1 Å². The van der Waals surface area contributed by atoms with Crippen LogP contribution in [-0.4, -0.2) is 30.4 Å². The number of amides is 1. The van der Waals surface area contributed by atoms with Gasteiger partial charge < -0.3 is 10.2 Å². The smallest absolute Gasteiger partial charge is 0.228 e. The molecule has 1 amide bonds. The van der Waals surface area contributed by atoms with Crippen molar-refractivity contribution in [1.82, 2.24) is 4.90 Å². The minimum absolute atomic E-state index is 0.0753. The van der Waals surface area contributed by atoms with Crippen LogP contribution in [0.1, 0.15) is 47.4 Å². The van der Waals surface area contributed by atoms with Gasteiger partial charge in [-0.2, -0.15) is 0 Å². The molecule has 0 aliphatic carbocycles. The molecular formula is C16H24N2O. The Kier molecular flexibility index (Phi) is 2.63. The molecule has 0 radical (unpaired) electrons. The summed E-state index contributed by atoms with van der Waals surface area (Å²) in [6.45, 7) is 5.18. The molecule has 3 nitrogen and oxygen atoms in total. The zero-order valence-electron chi connectivity index (χ0n) is 18.4. The van der Waals surface area contributed by atoms with Gasteiger partial charge in [0.1, 0.15) is 0 Å². The van der Waals surface area contributed by atoms with E-state index >= 15 is 0 Å². The second-order valence-electron chi connectivity index (χ2n) is 4.53. The first-order valence-electron chi connectivity index (χ1n) is 10.2. The molecule has 1 aromatic carbocycles. The van der Waals surface area contributed by atoms with Gasteiger partial charge in [0.15, 0.2) is 0 Å². The molecule has 0 fully saturated rings. The molecular weight excluding hydrogens is 236 g/mol. The van der Waals surface area contributed by atoms with E-state index in [0.717, 1.165) is 12.8 Å². The number of fused-ring (bicyclic) bond motifs is 1. The van der Waals surface area contributed by atoms with E-state index in [1.807, 2.05) is 18.7 Å². The number of rotatable bonds is 7. The summed E-state index contributed by atoms with van der Waals surface area (Å²) in [5.74, 6) is -0.998. The van der Waals surface area contributed by atoms with Crippen LogP contribution in [0.25, 0.3) is 0 Å². The van der Waals surface area contributed by atoms with Crippen molar-refractivity contribution in [2.75, 3.05) is 25.0 Å². The fraction of sp³-hybridized carbons (Fsp3) is 0.562. The molecule has 1 aliphatic heterocycles. The van der Waals surface area contributed by atoms with Gasteiger partial charge in [-0.15, -0.1) is 0 Å². The van der Waals surface area contributed by atoms with Crippen LogP contribution in [0.15, 0.2) is 18.1 Å². The lowest BCUT2D eigenvalue weighted by Crippen LogP contribution is -2.28. The largest absolute Gasteiger partial charge is 0.326 e. The third kappa shape index (κ3) is 3.57. The molecule has 2 rings (SSSR count). The SMILES string of the molecule is [2H]c1c([2H])c2c(c(C([2H])([2H])CN(CCC)CCC)c1[2H])C([2H])([2H])C(=O)N2. The highest BCUT2D eigenvalue weighted by Gasteiger charge is 2.20. The molecule has 0 aromatic heterocycles. The van der Waals surface area contributed by atoms with Gasteiger partial charge in [-0.1, -0.05) is 25.9 Å². The van der Waals surface area contributed by atoms with Gasteiger partial charge in [0, 0.05) is 17.7 Å². The third-order valence-corrected chi connectivity index (χ3v) is 2.91. The number of hydrogen-bond donors (Lipinski definition) is 1. The van der Waals surface area contributed by atoms with E-state index < -0.39 is 36.8 Å². The Labute approximate surface area is 125 Å². The normalized spacial score (nSPS) is 22.5. The van der Waals surface area contributed by atoms with Crippen molar-refractivity contribution in [2.45, 2.75) is 39.4 Å². The highest BCUT2D eigenvalue weighted by Crippen LogP contribution is 2.26. The van der Waals surface area contributed by atoms with Gasteiger partial charge in [0.25, 0.3) is 0 Å². The highest BCUT2D eigenvalue weighted by atomic mass is 16.1. The zero-order chi connectivity index (χ0) is 19.9. The van der Waals surface area contributed by atoms with Crippen LogP contribution in [0.3, 0.4) is 0 Å². The van der Waals surface area contributed by atoms with Crippen LogP contribution in [0, 0.1) is 0 Å². The lowest BCUT2D eigenvalue weighted by molar-refractivity contribution is -0.115. The topological polar surface area (TPSA) is 32.3 Å². The van der Waals surface area contributed by atoms with Crippen molar-refractivity contribution >= 4 is 11.6 Å². The van der Waals surface area contributed by atoms with Crippen molar-refractivity contribution < 1.29 is 14.4 Å². The van der Waals surface area contributed by atoms with Gasteiger partial charge in [-0.25, -0.2) is 0 Å². The summed E-state index contributed by atoms with van der Waals surface area (Å²) in [5.41, 5.74) is -0.821. The van der Waals surface area contributed by atoms with Gasteiger partial charge in [-0.05, 0) is 49.5 Å². The van der Waals surface area contributed by atoms with Gasteiger partial charge in [0.2, 0.25) is 5.91 Å². The molecule has 0 unspecified atom stereocenters. The second kappa shape index (κ2) is 6.71. The number of anilines is 1. The Morgan fingerprint density at radius 3 is 2.79 bits per heavy atom. The van der Waals surface area contributed by atoms with E-state index in [2.05, 4.69) is 5.32 Å². The maximum atomic E-state index is 12.0. The first-order valence-corrected chi connectivity index (χ1v) is 6.67. The molecule has 0 saturated carbocycles. The van der Waals surface area contributed by atoms with E-state index in [1.54, 1.807) is 0 Å². The lowest BCUT2D eigenvalue weighted by Gasteiger charge is -2.21. The summed E-state index contributed by atoms with van der Waals surface area (Å²) in [6, 6.07) is -1.51. The first kappa shape index (κ1) is 7.44. The lowest BCUT2D eigenvalue weighted by atomic mass is 10.0. The van der Waals surface area contributed by atoms with Crippen molar-refractivity contribution in [1.29, 1.82) is 0 Å². The molecule has 19 heavy (non-hydrogen) atoms. The summed E-state index contributed by atoms with van der Waals surface area (Å²) >= 11 is 0. The number of carbonyl (C=O) groups excluding carboxylic acids is 1. The Morgan fingerprint density at radius 2 is 2.11 bits per heavy atom. The van der Waals surface area contributed by atoms with Crippen LogP contribution in [0.4, 0.5) is 5.69 Å². The summed E-state index contributed by atoms with van der Waals surface area (Å²) in [5, 5.41) is 2.26. The van der Waals surface area contributed by atoms with Gasteiger partial charge in [0.05, 0.1) is 10.5 Å². The minimum atomic E-state index is -2.54.